The van der Waals surface area contributed by atoms with Crippen molar-refractivity contribution in [2.75, 3.05) is 0 Å². The number of rotatable bonds is 1. The van der Waals surface area contributed by atoms with Crippen molar-refractivity contribution in [2.45, 2.75) is 30.7 Å². The zero-order valence-electron chi connectivity index (χ0n) is 6.94. The summed E-state index contributed by atoms with van der Waals surface area (Å²) in [6, 6.07) is 0. The molecule has 0 aromatic heterocycles. The molecule has 14 heavy (non-hydrogen) atoms. The van der Waals surface area contributed by atoms with Gasteiger partial charge in [-0.05, 0) is 0 Å². The number of carboxylic acids is 1. The van der Waals surface area contributed by atoms with Crippen molar-refractivity contribution in [1.82, 2.24) is 0 Å². The van der Waals surface area contributed by atoms with Crippen LogP contribution in [-0.2, 0) is 9.53 Å². The lowest BCUT2D eigenvalue weighted by Crippen LogP contribution is -2.59. The Kier molecular flexibility index (Phi) is 4.39. The van der Waals surface area contributed by atoms with Gasteiger partial charge in [0.05, 0.1) is 0 Å². The third-order valence-electron chi connectivity index (χ3n) is 1.83. The van der Waals surface area contributed by atoms with E-state index in [-0.39, 0.29) is 5.48 Å². The standard InChI is InChI=1S/C6H10O7.H2O/c7-1-2(8)4(5(10)11)13-6(12)3(1)9;/h1-4,6-9,12H,(H,10,11);1H2. The van der Waals surface area contributed by atoms with Crippen molar-refractivity contribution in [2.24, 2.45) is 0 Å². The van der Waals surface area contributed by atoms with Crippen molar-refractivity contribution in [3.63, 3.8) is 0 Å². The van der Waals surface area contributed by atoms with Gasteiger partial charge in [-0.3, -0.25) is 0 Å². The predicted molar refractivity (Wildman–Crippen MR) is 40.1 cm³/mol. The van der Waals surface area contributed by atoms with Gasteiger partial charge in [-0.1, -0.05) is 0 Å². The maximum atomic E-state index is 10.4. The Morgan fingerprint density at radius 3 is 1.93 bits per heavy atom. The minimum Gasteiger partial charge on any atom is -0.479 e. The molecule has 0 aliphatic carbocycles. The molecule has 1 fully saturated rings. The minimum atomic E-state index is -1.81. The highest BCUT2D eigenvalue weighted by Gasteiger charge is 2.46. The van der Waals surface area contributed by atoms with Gasteiger partial charge in [-0.25, -0.2) is 4.79 Å². The lowest BCUT2D eigenvalue weighted by atomic mass is 9.99. The first-order valence-corrected chi connectivity index (χ1v) is 3.55. The summed E-state index contributed by atoms with van der Waals surface area (Å²) >= 11 is 0. The molecule has 7 N–H and O–H groups in total. The molecule has 1 aliphatic heterocycles. The van der Waals surface area contributed by atoms with E-state index >= 15 is 0 Å². The first-order chi connectivity index (χ1) is 5.95. The lowest BCUT2D eigenvalue weighted by molar-refractivity contribution is -0.279. The van der Waals surface area contributed by atoms with E-state index in [1.165, 1.54) is 0 Å². The van der Waals surface area contributed by atoms with Gasteiger partial charge in [0.2, 0.25) is 0 Å². The molecule has 84 valence electrons. The molecule has 1 saturated heterocycles. The van der Waals surface area contributed by atoms with E-state index in [9.17, 15) is 4.79 Å². The van der Waals surface area contributed by atoms with Crippen molar-refractivity contribution >= 4 is 5.97 Å². The third-order valence-corrected chi connectivity index (χ3v) is 1.83. The quantitative estimate of drug-likeness (QED) is 0.296. The zero-order chi connectivity index (χ0) is 10.2. The smallest absolute Gasteiger partial charge is 0.335 e. The Morgan fingerprint density at radius 2 is 1.50 bits per heavy atom. The minimum absolute atomic E-state index is 0. The number of aliphatic hydroxyl groups excluding tert-OH is 4. The molecular weight excluding hydrogens is 200 g/mol. The van der Waals surface area contributed by atoms with E-state index in [0.717, 1.165) is 0 Å². The fourth-order valence-corrected chi connectivity index (χ4v) is 1.07. The summed E-state index contributed by atoms with van der Waals surface area (Å²) in [7, 11) is 0. The molecule has 5 atom stereocenters. The van der Waals surface area contributed by atoms with E-state index in [0.29, 0.717) is 0 Å². The summed E-state index contributed by atoms with van der Waals surface area (Å²) in [4.78, 5) is 10.4. The van der Waals surface area contributed by atoms with Crippen molar-refractivity contribution in [3.05, 3.63) is 0 Å². The summed E-state index contributed by atoms with van der Waals surface area (Å²) in [6.07, 6.45) is -8.72. The summed E-state index contributed by atoms with van der Waals surface area (Å²) < 4.78 is 4.34. The summed E-state index contributed by atoms with van der Waals surface area (Å²) in [6.45, 7) is 0. The molecular formula is C6H12O8. The van der Waals surface area contributed by atoms with Crippen LogP contribution in [0.15, 0.2) is 0 Å². The van der Waals surface area contributed by atoms with E-state index in [2.05, 4.69) is 4.74 Å². The Morgan fingerprint density at radius 1 is 1.00 bits per heavy atom. The second kappa shape index (κ2) is 4.64. The Balaban J connectivity index is 0.00000169. The van der Waals surface area contributed by atoms with Gasteiger partial charge >= 0.3 is 5.97 Å². The maximum Gasteiger partial charge on any atom is 0.335 e. The van der Waals surface area contributed by atoms with Gasteiger partial charge < -0.3 is 35.7 Å². The van der Waals surface area contributed by atoms with Crippen LogP contribution in [0.4, 0.5) is 0 Å². The molecule has 8 nitrogen and oxygen atoms in total. The van der Waals surface area contributed by atoms with Crippen LogP contribution in [0.3, 0.4) is 0 Å². The SMILES string of the molecule is O.O=C(O)C1OC(O)C(O)C(O)C1O. The van der Waals surface area contributed by atoms with Crippen LogP contribution in [0, 0.1) is 0 Å². The first kappa shape index (κ1) is 13.2. The van der Waals surface area contributed by atoms with Crippen LogP contribution in [0.2, 0.25) is 0 Å². The molecule has 1 aliphatic rings. The lowest BCUT2D eigenvalue weighted by Gasteiger charge is -2.36. The molecule has 1 rings (SSSR count). The predicted octanol–water partition coefficient (Wildman–Crippen LogP) is -3.95. The average molecular weight is 212 g/mol. The Bertz CT molecular complexity index is 206. The van der Waals surface area contributed by atoms with Crippen LogP contribution >= 0.6 is 0 Å². The van der Waals surface area contributed by atoms with Crippen LogP contribution in [-0.4, -0.2) is 67.7 Å². The normalized spacial score (nSPS) is 42.7. The number of carboxylic acid groups (broad SMARTS) is 1. The molecule has 0 radical (unpaired) electrons. The van der Waals surface area contributed by atoms with Gasteiger partial charge in [-0.2, -0.15) is 0 Å². The summed E-state index contributed by atoms with van der Waals surface area (Å²) in [5.41, 5.74) is 0. The highest BCUT2D eigenvalue weighted by atomic mass is 16.6. The molecule has 5 unspecified atom stereocenters. The molecule has 0 amide bonds. The van der Waals surface area contributed by atoms with Crippen LogP contribution in [0.5, 0.6) is 0 Å². The van der Waals surface area contributed by atoms with Gasteiger partial charge in [0.25, 0.3) is 0 Å². The molecule has 0 aromatic rings. The average Bonchev–Trinajstić information content (AvgIpc) is 2.07. The molecule has 8 heteroatoms. The highest BCUT2D eigenvalue weighted by Crippen LogP contribution is 2.19. The number of hydrogen-bond acceptors (Lipinski definition) is 6. The van der Waals surface area contributed by atoms with Crippen molar-refractivity contribution < 1.29 is 40.5 Å². The third kappa shape index (κ3) is 2.18. The molecule has 0 aromatic carbocycles. The van der Waals surface area contributed by atoms with E-state index in [1.54, 1.807) is 0 Å². The maximum absolute atomic E-state index is 10.4. The topological polar surface area (TPSA) is 159 Å². The fourth-order valence-electron chi connectivity index (χ4n) is 1.07. The van der Waals surface area contributed by atoms with E-state index < -0.39 is 36.7 Å². The Labute approximate surface area is 78.3 Å². The van der Waals surface area contributed by atoms with Gasteiger partial charge in [0.1, 0.15) is 18.3 Å². The van der Waals surface area contributed by atoms with E-state index in [1.807, 2.05) is 0 Å². The number of aliphatic carboxylic acids is 1. The fraction of sp³-hybridized carbons (Fsp3) is 0.833. The molecule has 0 bridgehead atoms. The second-order valence-corrected chi connectivity index (χ2v) is 2.76. The molecule has 1 heterocycles. The zero-order valence-corrected chi connectivity index (χ0v) is 6.94. The first-order valence-electron chi connectivity index (χ1n) is 3.55. The molecule has 0 saturated carbocycles. The van der Waals surface area contributed by atoms with E-state index in [4.69, 9.17) is 25.5 Å². The highest BCUT2D eigenvalue weighted by molar-refractivity contribution is 5.73. The molecule has 0 spiro atoms. The van der Waals surface area contributed by atoms with Gasteiger partial charge in [0.15, 0.2) is 12.4 Å². The van der Waals surface area contributed by atoms with Crippen LogP contribution in [0.25, 0.3) is 0 Å². The van der Waals surface area contributed by atoms with Gasteiger partial charge in [-0.15, -0.1) is 0 Å². The van der Waals surface area contributed by atoms with Crippen LogP contribution in [0.1, 0.15) is 0 Å². The second-order valence-electron chi connectivity index (χ2n) is 2.76. The van der Waals surface area contributed by atoms with Gasteiger partial charge in [0, 0.05) is 0 Å². The summed E-state index contributed by atoms with van der Waals surface area (Å²) in [5.74, 6) is -1.52. The number of carbonyl (C=O) groups is 1. The Hall–Kier alpha value is -0.770. The van der Waals surface area contributed by atoms with Crippen molar-refractivity contribution in [3.8, 4) is 0 Å². The van der Waals surface area contributed by atoms with Crippen LogP contribution < -0.4 is 0 Å². The number of hydrogen-bond donors (Lipinski definition) is 5. The number of ether oxygens (including phenoxy) is 1. The monoisotopic (exact) mass is 212 g/mol. The number of aliphatic hydroxyl groups is 4. The summed E-state index contributed by atoms with van der Waals surface area (Å²) in [5, 5.41) is 44.4. The largest absolute Gasteiger partial charge is 0.479 e. The van der Waals surface area contributed by atoms with Crippen molar-refractivity contribution in [1.29, 1.82) is 0 Å².